The monoisotopic (exact) mass is 315 g/mol. The van der Waals surface area contributed by atoms with E-state index in [1.54, 1.807) is 0 Å². The summed E-state index contributed by atoms with van der Waals surface area (Å²) in [7, 11) is 4.23. The fourth-order valence-electron chi connectivity index (χ4n) is 2.32. The maximum Gasteiger partial charge on any atom is 0.168 e. The summed E-state index contributed by atoms with van der Waals surface area (Å²) < 4.78 is 0. The Morgan fingerprint density at radius 2 is 1.81 bits per heavy atom. The van der Waals surface area contributed by atoms with Crippen LogP contribution in [0.15, 0.2) is 0 Å². The highest BCUT2D eigenvalue weighted by molar-refractivity contribution is 7.80. The van der Waals surface area contributed by atoms with Crippen LogP contribution in [0.2, 0.25) is 0 Å². The van der Waals surface area contributed by atoms with Crippen molar-refractivity contribution in [3.8, 4) is 0 Å². The average molecular weight is 316 g/mol. The number of nitrogens with one attached hydrogen (secondary N) is 1. The second-order valence-electron chi connectivity index (χ2n) is 6.75. The van der Waals surface area contributed by atoms with Gasteiger partial charge in [-0.1, -0.05) is 47.0 Å². The molecular formula is C17H37N3S. The zero-order valence-electron chi connectivity index (χ0n) is 15.1. The molecule has 0 spiro atoms. The summed E-state index contributed by atoms with van der Waals surface area (Å²) in [5.74, 6) is 1.38. The molecule has 0 radical (unpaired) electrons. The third-order valence-electron chi connectivity index (χ3n) is 3.78. The molecule has 1 N–H and O–H groups in total. The van der Waals surface area contributed by atoms with Crippen LogP contribution in [0.1, 0.15) is 53.4 Å². The van der Waals surface area contributed by atoms with Gasteiger partial charge in [0.1, 0.15) is 0 Å². The highest BCUT2D eigenvalue weighted by Gasteiger charge is 2.13. The summed E-state index contributed by atoms with van der Waals surface area (Å²) in [6.07, 6.45) is 5.15. The van der Waals surface area contributed by atoms with E-state index in [1.807, 2.05) is 0 Å². The van der Waals surface area contributed by atoms with E-state index in [4.69, 9.17) is 12.2 Å². The molecule has 4 heteroatoms. The zero-order chi connectivity index (χ0) is 16.3. The summed E-state index contributed by atoms with van der Waals surface area (Å²) in [6.45, 7) is 13.1. The van der Waals surface area contributed by atoms with Crippen LogP contribution < -0.4 is 5.32 Å². The number of hydrogen-bond acceptors (Lipinski definition) is 2. The van der Waals surface area contributed by atoms with Crippen LogP contribution in [0.4, 0.5) is 0 Å². The topological polar surface area (TPSA) is 18.5 Å². The lowest BCUT2D eigenvalue weighted by molar-refractivity contribution is 0.302. The van der Waals surface area contributed by atoms with E-state index in [9.17, 15) is 0 Å². The Kier molecular flexibility index (Phi) is 12.0. The van der Waals surface area contributed by atoms with Crippen LogP contribution in [0.3, 0.4) is 0 Å². The molecule has 126 valence electrons. The van der Waals surface area contributed by atoms with Gasteiger partial charge in [-0.25, -0.2) is 0 Å². The van der Waals surface area contributed by atoms with E-state index in [2.05, 4.69) is 56.9 Å². The number of hydrogen-bond donors (Lipinski definition) is 1. The van der Waals surface area contributed by atoms with Crippen molar-refractivity contribution in [2.45, 2.75) is 53.4 Å². The second kappa shape index (κ2) is 12.2. The fraction of sp³-hybridized carbons (Fsp3) is 0.941. The average Bonchev–Trinajstić information content (AvgIpc) is 2.42. The van der Waals surface area contributed by atoms with Crippen LogP contribution >= 0.6 is 12.2 Å². The molecule has 0 aromatic heterocycles. The van der Waals surface area contributed by atoms with Crippen LogP contribution in [0, 0.1) is 11.8 Å². The highest BCUT2D eigenvalue weighted by atomic mass is 32.1. The van der Waals surface area contributed by atoms with Gasteiger partial charge in [-0.15, -0.1) is 0 Å². The Morgan fingerprint density at radius 1 is 1.14 bits per heavy atom. The second-order valence-corrected chi connectivity index (χ2v) is 7.13. The number of nitrogens with zero attached hydrogens (tertiary/aromatic N) is 2. The predicted octanol–water partition coefficient (Wildman–Crippen LogP) is 3.60. The minimum Gasteiger partial charge on any atom is -0.362 e. The van der Waals surface area contributed by atoms with Gasteiger partial charge >= 0.3 is 0 Å². The minimum atomic E-state index is 0.633. The Bertz CT molecular complexity index is 267. The molecule has 0 aliphatic carbocycles. The third-order valence-corrected chi connectivity index (χ3v) is 4.18. The molecule has 0 bridgehead atoms. The number of likely N-dealkylation sites (N-methyl/N-ethyl adjacent to an activating group) is 1. The number of thiocarbonyl (C=S) groups is 1. The molecule has 1 atom stereocenters. The molecule has 0 fully saturated rings. The molecule has 0 aliphatic heterocycles. The van der Waals surface area contributed by atoms with Crippen molar-refractivity contribution in [2.24, 2.45) is 11.8 Å². The van der Waals surface area contributed by atoms with E-state index >= 15 is 0 Å². The molecule has 0 aliphatic rings. The Morgan fingerprint density at radius 3 is 2.29 bits per heavy atom. The Labute approximate surface area is 138 Å². The van der Waals surface area contributed by atoms with Crippen molar-refractivity contribution in [3.63, 3.8) is 0 Å². The standard InChI is InChI=1S/C17H37N3S/c1-7-9-10-16(8-2)13-18-17(21)20(14-15(3)4)12-11-19(5)6/h15-16H,7-14H2,1-6H3,(H,18,21). The number of unbranched alkanes of at least 4 members (excludes halogenated alkanes) is 1. The molecule has 0 rings (SSSR count). The van der Waals surface area contributed by atoms with E-state index in [1.165, 1.54) is 25.7 Å². The summed E-state index contributed by atoms with van der Waals surface area (Å²) in [5.41, 5.74) is 0. The van der Waals surface area contributed by atoms with Gasteiger partial charge < -0.3 is 15.1 Å². The largest absolute Gasteiger partial charge is 0.362 e. The fourth-order valence-corrected chi connectivity index (χ4v) is 2.57. The first-order chi connectivity index (χ1) is 9.90. The molecule has 0 saturated heterocycles. The Hall–Kier alpha value is -0.350. The highest BCUT2D eigenvalue weighted by Crippen LogP contribution is 2.11. The molecular weight excluding hydrogens is 278 g/mol. The zero-order valence-corrected chi connectivity index (χ0v) is 15.9. The van der Waals surface area contributed by atoms with Crippen LogP contribution in [0.25, 0.3) is 0 Å². The quantitative estimate of drug-likeness (QED) is 0.587. The molecule has 0 aromatic carbocycles. The molecule has 21 heavy (non-hydrogen) atoms. The molecule has 0 saturated carbocycles. The maximum absolute atomic E-state index is 5.62. The Balaban J connectivity index is 4.30. The van der Waals surface area contributed by atoms with Crippen molar-refractivity contribution in [3.05, 3.63) is 0 Å². The van der Waals surface area contributed by atoms with Gasteiger partial charge in [0.05, 0.1) is 0 Å². The smallest absolute Gasteiger partial charge is 0.168 e. The number of rotatable bonds is 11. The van der Waals surface area contributed by atoms with Gasteiger partial charge in [-0.05, 0) is 44.6 Å². The lowest BCUT2D eigenvalue weighted by Gasteiger charge is -2.29. The van der Waals surface area contributed by atoms with Crippen molar-refractivity contribution in [2.75, 3.05) is 40.3 Å². The van der Waals surface area contributed by atoms with E-state index < -0.39 is 0 Å². The van der Waals surface area contributed by atoms with Crippen LogP contribution in [-0.4, -0.2) is 55.2 Å². The van der Waals surface area contributed by atoms with Gasteiger partial charge in [-0.3, -0.25) is 0 Å². The first kappa shape index (κ1) is 20.6. The minimum absolute atomic E-state index is 0.633. The van der Waals surface area contributed by atoms with E-state index in [0.29, 0.717) is 5.92 Å². The predicted molar refractivity (Wildman–Crippen MR) is 98.9 cm³/mol. The molecule has 0 heterocycles. The summed E-state index contributed by atoms with van der Waals surface area (Å²) in [4.78, 5) is 4.54. The van der Waals surface area contributed by atoms with E-state index in [0.717, 1.165) is 37.2 Å². The lowest BCUT2D eigenvalue weighted by Crippen LogP contribution is -2.45. The third kappa shape index (κ3) is 10.9. The van der Waals surface area contributed by atoms with Gasteiger partial charge in [-0.2, -0.15) is 0 Å². The van der Waals surface area contributed by atoms with Crippen LogP contribution in [-0.2, 0) is 0 Å². The maximum atomic E-state index is 5.62. The lowest BCUT2D eigenvalue weighted by atomic mass is 9.99. The molecule has 1 unspecified atom stereocenters. The molecule has 3 nitrogen and oxygen atoms in total. The summed E-state index contributed by atoms with van der Waals surface area (Å²) in [6, 6.07) is 0. The van der Waals surface area contributed by atoms with E-state index in [-0.39, 0.29) is 0 Å². The molecule has 0 aromatic rings. The van der Waals surface area contributed by atoms with Gasteiger partial charge in [0.25, 0.3) is 0 Å². The van der Waals surface area contributed by atoms with Crippen molar-refractivity contribution in [1.29, 1.82) is 0 Å². The first-order valence-electron chi connectivity index (χ1n) is 8.58. The van der Waals surface area contributed by atoms with Gasteiger partial charge in [0.15, 0.2) is 5.11 Å². The van der Waals surface area contributed by atoms with Crippen molar-refractivity contribution < 1.29 is 0 Å². The first-order valence-corrected chi connectivity index (χ1v) is 8.98. The van der Waals surface area contributed by atoms with Crippen LogP contribution in [0.5, 0.6) is 0 Å². The normalized spacial score (nSPS) is 12.8. The molecule has 0 amide bonds. The van der Waals surface area contributed by atoms with Gasteiger partial charge in [0.2, 0.25) is 0 Å². The van der Waals surface area contributed by atoms with Crippen molar-refractivity contribution >= 4 is 17.3 Å². The SMILES string of the molecule is CCCCC(CC)CNC(=S)N(CCN(C)C)CC(C)C. The van der Waals surface area contributed by atoms with Gasteiger partial charge in [0, 0.05) is 26.2 Å². The van der Waals surface area contributed by atoms with Crippen molar-refractivity contribution in [1.82, 2.24) is 15.1 Å². The summed E-state index contributed by atoms with van der Waals surface area (Å²) in [5, 5.41) is 4.44. The summed E-state index contributed by atoms with van der Waals surface area (Å²) >= 11 is 5.62.